The molecule has 0 saturated heterocycles. The number of hydrogen-bond acceptors (Lipinski definition) is 5. The van der Waals surface area contributed by atoms with Crippen LogP contribution in [0.5, 0.6) is 0 Å². The van der Waals surface area contributed by atoms with Gasteiger partial charge >= 0.3 is 0 Å². The Morgan fingerprint density at radius 1 is 1.03 bits per heavy atom. The van der Waals surface area contributed by atoms with Gasteiger partial charge in [0.15, 0.2) is 11.4 Å². The summed E-state index contributed by atoms with van der Waals surface area (Å²) in [6.07, 6.45) is 3.63. The number of anilines is 2. The summed E-state index contributed by atoms with van der Waals surface area (Å²) in [4.78, 5) is 30.5. The van der Waals surface area contributed by atoms with Crippen LogP contribution < -0.4 is 10.6 Å². The van der Waals surface area contributed by atoms with Gasteiger partial charge in [-0.15, -0.1) is 0 Å². The Morgan fingerprint density at radius 3 is 2.24 bits per heavy atom. The fourth-order valence-corrected chi connectivity index (χ4v) is 3.98. The highest BCUT2D eigenvalue weighted by Gasteiger charge is 2.30. The molecule has 0 spiro atoms. The van der Waals surface area contributed by atoms with E-state index in [1.54, 1.807) is 36.4 Å². The van der Waals surface area contributed by atoms with Crippen LogP contribution in [0.15, 0.2) is 53.1 Å². The minimum Gasteiger partial charge on any atom is -0.459 e. The Morgan fingerprint density at radius 2 is 1.68 bits per heavy atom. The molecule has 1 aromatic carbocycles. The SMILES string of the molecule is Cc1nn(C(C)(C)C)c2nc(C3CC3)cc(C(=O)Nc3ccc(NC(=O)c4ccco4)cc3)c12. The van der Waals surface area contributed by atoms with E-state index in [1.165, 1.54) is 6.26 Å². The fourth-order valence-electron chi connectivity index (χ4n) is 3.98. The zero-order valence-electron chi connectivity index (χ0n) is 19.7. The molecule has 174 valence electrons. The molecule has 1 saturated carbocycles. The summed E-state index contributed by atoms with van der Waals surface area (Å²) in [7, 11) is 0. The third kappa shape index (κ3) is 4.19. The van der Waals surface area contributed by atoms with Gasteiger partial charge in [-0.3, -0.25) is 9.59 Å². The average Bonchev–Trinajstić information content (AvgIpc) is 3.37. The second-order valence-corrected chi connectivity index (χ2v) is 9.70. The zero-order valence-corrected chi connectivity index (χ0v) is 19.7. The lowest BCUT2D eigenvalue weighted by molar-refractivity contribution is 0.0994. The van der Waals surface area contributed by atoms with Crippen LogP contribution in [0.25, 0.3) is 11.0 Å². The molecule has 4 aromatic rings. The van der Waals surface area contributed by atoms with Gasteiger partial charge in [0, 0.05) is 23.0 Å². The fraction of sp³-hybridized carbons (Fsp3) is 0.308. The molecule has 0 aliphatic heterocycles. The van der Waals surface area contributed by atoms with E-state index in [-0.39, 0.29) is 23.1 Å². The van der Waals surface area contributed by atoms with E-state index in [2.05, 4.69) is 31.4 Å². The van der Waals surface area contributed by atoms with E-state index in [4.69, 9.17) is 14.5 Å². The van der Waals surface area contributed by atoms with E-state index in [9.17, 15) is 9.59 Å². The monoisotopic (exact) mass is 457 g/mol. The largest absolute Gasteiger partial charge is 0.459 e. The van der Waals surface area contributed by atoms with Crippen molar-refractivity contribution in [3.05, 3.63) is 71.4 Å². The number of fused-ring (bicyclic) bond motifs is 1. The van der Waals surface area contributed by atoms with Crippen LogP contribution >= 0.6 is 0 Å². The van der Waals surface area contributed by atoms with Gasteiger partial charge in [0.25, 0.3) is 11.8 Å². The summed E-state index contributed by atoms with van der Waals surface area (Å²) in [5.41, 5.74) is 4.01. The summed E-state index contributed by atoms with van der Waals surface area (Å²) >= 11 is 0. The number of nitrogens with one attached hydrogen (secondary N) is 2. The molecule has 0 bridgehead atoms. The van der Waals surface area contributed by atoms with Gasteiger partial charge < -0.3 is 15.1 Å². The van der Waals surface area contributed by atoms with Gasteiger partial charge in [0.05, 0.1) is 28.4 Å². The van der Waals surface area contributed by atoms with Gasteiger partial charge in [0.1, 0.15) is 0 Å². The van der Waals surface area contributed by atoms with Crippen LogP contribution in [0.1, 0.15) is 71.8 Å². The molecule has 34 heavy (non-hydrogen) atoms. The van der Waals surface area contributed by atoms with Crippen molar-refractivity contribution in [3.63, 3.8) is 0 Å². The number of rotatable bonds is 5. The molecule has 3 heterocycles. The number of hydrogen-bond donors (Lipinski definition) is 2. The molecular weight excluding hydrogens is 430 g/mol. The Bertz CT molecular complexity index is 1370. The average molecular weight is 458 g/mol. The summed E-state index contributed by atoms with van der Waals surface area (Å²) in [5.74, 6) is 0.0893. The molecule has 0 radical (unpaired) electrons. The van der Waals surface area contributed by atoms with Crippen LogP contribution in [-0.2, 0) is 5.54 Å². The lowest BCUT2D eigenvalue weighted by Crippen LogP contribution is -2.23. The predicted octanol–water partition coefficient (Wildman–Crippen LogP) is 5.47. The van der Waals surface area contributed by atoms with E-state index in [0.29, 0.717) is 22.9 Å². The predicted molar refractivity (Wildman–Crippen MR) is 130 cm³/mol. The second-order valence-electron chi connectivity index (χ2n) is 9.70. The van der Waals surface area contributed by atoms with Gasteiger partial charge in [-0.1, -0.05) is 0 Å². The molecule has 0 unspecified atom stereocenters. The van der Waals surface area contributed by atoms with Crippen LogP contribution in [-0.4, -0.2) is 26.6 Å². The summed E-state index contributed by atoms with van der Waals surface area (Å²) in [6, 6.07) is 12.1. The summed E-state index contributed by atoms with van der Waals surface area (Å²) in [6.45, 7) is 8.15. The number of carbonyl (C=O) groups is 2. The van der Waals surface area contributed by atoms with E-state index in [0.717, 1.165) is 35.3 Å². The van der Waals surface area contributed by atoms with Crippen molar-refractivity contribution in [2.45, 2.75) is 52.0 Å². The van der Waals surface area contributed by atoms with Crippen LogP contribution in [0.4, 0.5) is 11.4 Å². The van der Waals surface area contributed by atoms with Crippen molar-refractivity contribution >= 4 is 34.2 Å². The Kier molecular flexibility index (Phi) is 5.23. The first-order valence-electron chi connectivity index (χ1n) is 11.4. The lowest BCUT2D eigenvalue weighted by atomic mass is 10.1. The smallest absolute Gasteiger partial charge is 0.291 e. The third-order valence-corrected chi connectivity index (χ3v) is 5.85. The van der Waals surface area contributed by atoms with Gasteiger partial charge in [-0.2, -0.15) is 5.10 Å². The third-order valence-electron chi connectivity index (χ3n) is 5.85. The van der Waals surface area contributed by atoms with Crippen LogP contribution in [0.3, 0.4) is 0 Å². The number of benzene rings is 1. The number of aromatic nitrogens is 3. The first-order valence-corrected chi connectivity index (χ1v) is 11.4. The maximum atomic E-state index is 13.4. The number of pyridine rings is 1. The van der Waals surface area contributed by atoms with Gasteiger partial charge in [-0.05, 0) is 83.0 Å². The Labute approximate surface area is 197 Å². The van der Waals surface area contributed by atoms with Gasteiger partial charge in [0.2, 0.25) is 0 Å². The number of carbonyl (C=O) groups excluding carboxylic acids is 2. The number of aryl methyl sites for hydroxylation is 1. The first kappa shape index (κ1) is 21.9. The Balaban J connectivity index is 1.42. The van der Waals surface area contributed by atoms with Crippen molar-refractivity contribution in [1.82, 2.24) is 14.8 Å². The molecule has 0 atom stereocenters. The maximum absolute atomic E-state index is 13.4. The minimum absolute atomic E-state index is 0.210. The van der Waals surface area contributed by atoms with Crippen molar-refractivity contribution in [1.29, 1.82) is 0 Å². The Hall–Kier alpha value is -3.94. The maximum Gasteiger partial charge on any atom is 0.291 e. The van der Waals surface area contributed by atoms with E-state index in [1.807, 2.05) is 17.7 Å². The molecule has 1 aliphatic carbocycles. The summed E-state index contributed by atoms with van der Waals surface area (Å²) in [5, 5.41) is 11.2. The summed E-state index contributed by atoms with van der Waals surface area (Å²) < 4.78 is 7.02. The quantitative estimate of drug-likeness (QED) is 0.414. The van der Waals surface area contributed by atoms with Crippen LogP contribution in [0.2, 0.25) is 0 Å². The molecule has 3 aromatic heterocycles. The molecule has 8 heteroatoms. The second kappa shape index (κ2) is 8.13. The number of amides is 2. The van der Waals surface area contributed by atoms with Crippen molar-refractivity contribution in [3.8, 4) is 0 Å². The van der Waals surface area contributed by atoms with Crippen molar-refractivity contribution in [2.24, 2.45) is 0 Å². The molecule has 2 N–H and O–H groups in total. The van der Waals surface area contributed by atoms with Crippen LogP contribution in [0, 0.1) is 6.92 Å². The zero-order chi connectivity index (χ0) is 24.0. The molecule has 2 amide bonds. The van der Waals surface area contributed by atoms with E-state index >= 15 is 0 Å². The number of furan rings is 1. The van der Waals surface area contributed by atoms with Crippen molar-refractivity contribution < 1.29 is 14.0 Å². The lowest BCUT2D eigenvalue weighted by Gasteiger charge is -2.20. The molecule has 1 aliphatic rings. The molecular formula is C26H27N5O3. The highest BCUT2D eigenvalue weighted by atomic mass is 16.3. The molecule has 8 nitrogen and oxygen atoms in total. The highest BCUT2D eigenvalue weighted by Crippen LogP contribution is 2.41. The first-order chi connectivity index (χ1) is 16.2. The molecule has 5 rings (SSSR count). The van der Waals surface area contributed by atoms with Crippen molar-refractivity contribution in [2.75, 3.05) is 10.6 Å². The van der Waals surface area contributed by atoms with E-state index < -0.39 is 0 Å². The minimum atomic E-state index is -0.333. The number of nitrogens with zero attached hydrogens (tertiary/aromatic N) is 3. The topological polar surface area (TPSA) is 102 Å². The molecule has 1 fully saturated rings. The highest BCUT2D eigenvalue weighted by molar-refractivity contribution is 6.13. The standard InChI is InChI=1S/C26H27N5O3/c1-15-22-19(14-20(16-7-8-16)29-23(22)31(30-15)26(2,3)4)24(32)27-17-9-11-18(12-10-17)28-25(33)21-6-5-13-34-21/h5-6,9-14,16H,7-8H2,1-4H3,(H,27,32)(H,28,33). The van der Waals surface area contributed by atoms with Gasteiger partial charge in [-0.25, -0.2) is 9.67 Å². The normalized spacial score (nSPS) is 13.8.